The van der Waals surface area contributed by atoms with E-state index >= 15 is 0 Å². The molecule has 3 aromatic carbocycles. The molecule has 8 nitrogen and oxygen atoms in total. The number of hydrogen-bond acceptors (Lipinski definition) is 8. The second-order valence-corrected chi connectivity index (χ2v) is 10.3. The number of benzene rings is 3. The molecule has 5 rings (SSSR count). The summed E-state index contributed by atoms with van der Waals surface area (Å²) < 4.78 is 33.3. The predicted octanol–water partition coefficient (Wildman–Crippen LogP) is 7.31. The molecule has 0 saturated carbocycles. The topological polar surface area (TPSA) is 81.2 Å². The third kappa shape index (κ3) is 9.45. The summed E-state index contributed by atoms with van der Waals surface area (Å²) in [5.41, 5.74) is 5.47. The second-order valence-electron chi connectivity index (χ2n) is 10.3. The number of ether oxygens (including phenoxy) is 6. The van der Waals surface area contributed by atoms with Crippen molar-refractivity contribution in [3.05, 3.63) is 110 Å². The van der Waals surface area contributed by atoms with Crippen molar-refractivity contribution < 1.29 is 28.4 Å². The van der Waals surface area contributed by atoms with Gasteiger partial charge in [-0.25, -0.2) is 9.97 Å². The summed E-state index contributed by atoms with van der Waals surface area (Å²) in [4.78, 5) is 10.1. The van der Waals surface area contributed by atoms with Crippen LogP contribution in [-0.4, -0.2) is 76.0 Å². The Balaban J connectivity index is 1.21. The van der Waals surface area contributed by atoms with Crippen molar-refractivity contribution in [3.8, 4) is 34.0 Å². The van der Waals surface area contributed by atoms with Gasteiger partial charge in [-0.2, -0.15) is 0 Å². The van der Waals surface area contributed by atoms with Crippen molar-refractivity contribution in [2.24, 2.45) is 0 Å². The van der Waals surface area contributed by atoms with Crippen LogP contribution in [0.5, 0.6) is 11.5 Å². The maximum atomic E-state index is 5.83. The number of pyridine rings is 2. The first-order valence-corrected chi connectivity index (χ1v) is 15.4. The van der Waals surface area contributed by atoms with Crippen LogP contribution in [0.2, 0.25) is 0 Å². The van der Waals surface area contributed by atoms with Crippen molar-refractivity contribution >= 4 is 21.8 Å². The number of rotatable bonds is 20. The number of hydrogen-bond donors (Lipinski definition) is 0. The molecule has 0 atom stereocenters. The van der Waals surface area contributed by atoms with Crippen LogP contribution in [0.1, 0.15) is 0 Å². The van der Waals surface area contributed by atoms with Gasteiger partial charge in [0.25, 0.3) is 0 Å². The van der Waals surface area contributed by atoms with Gasteiger partial charge in [0.2, 0.25) is 0 Å². The van der Waals surface area contributed by atoms with Crippen LogP contribution in [0.4, 0.5) is 0 Å². The zero-order valence-corrected chi connectivity index (χ0v) is 26.1. The SMILES string of the molecule is C=CCOCCOCCOc1ccc(-c2ccc3ccc4ccc(-c5ccc(OCCOCCOCC=C)cc5)nc4c3n2)cc1. The molecule has 0 unspecified atom stereocenters. The van der Waals surface area contributed by atoms with Gasteiger partial charge >= 0.3 is 0 Å². The first kappa shape index (κ1) is 32.8. The highest BCUT2D eigenvalue weighted by Gasteiger charge is 2.09. The number of aromatic nitrogens is 2. The highest BCUT2D eigenvalue weighted by molar-refractivity contribution is 6.04. The van der Waals surface area contributed by atoms with E-state index in [1.807, 2.05) is 60.7 Å². The molecule has 0 fully saturated rings. The average Bonchev–Trinajstić information content (AvgIpc) is 3.10. The minimum Gasteiger partial charge on any atom is -0.491 e. The van der Waals surface area contributed by atoms with E-state index in [1.165, 1.54) is 0 Å². The Bertz CT molecular complexity index is 1560. The maximum absolute atomic E-state index is 5.83. The Morgan fingerprint density at radius 2 is 0.804 bits per heavy atom. The lowest BCUT2D eigenvalue weighted by molar-refractivity contribution is 0.0449. The van der Waals surface area contributed by atoms with Crippen molar-refractivity contribution in [3.63, 3.8) is 0 Å². The molecule has 238 valence electrons. The summed E-state index contributed by atoms with van der Waals surface area (Å²) in [7, 11) is 0. The lowest BCUT2D eigenvalue weighted by Gasteiger charge is -2.10. The summed E-state index contributed by atoms with van der Waals surface area (Å²) in [5, 5.41) is 2.07. The summed E-state index contributed by atoms with van der Waals surface area (Å²) in [6, 6.07) is 28.3. The highest BCUT2D eigenvalue weighted by atomic mass is 16.5. The van der Waals surface area contributed by atoms with E-state index in [0.29, 0.717) is 66.1 Å². The molecular formula is C38H40N2O6. The second kappa shape index (κ2) is 17.8. The molecule has 0 N–H and O–H groups in total. The zero-order chi connectivity index (χ0) is 31.8. The fraction of sp³-hybridized carbons (Fsp3) is 0.263. The van der Waals surface area contributed by atoms with Crippen LogP contribution in [0, 0.1) is 0 Å². The molecule has 0 aliphatic carbocycles. The van der Waals surface area contributed by atoms with E-state index in [2.05, 4.69) is 37.4 Å². The quantitative estimate of drug-likeness (QED) is 0.0509. The molecule has 2 aromatic heterocycles. The van der Waals surface area contributed by atoms with Crippen LogP contribution in [0.3, 0.4) is 0 Å². The summed E-state index contributed by atoms with van der Waals surface area (Å²) in [5.74, 6) is 1.56. The van der Waals surface area contributed by atoms with Crippen LogP contribution < -0.4 is 9.47 Å². The first-order chi connectivity index (χ1) is 22.7. The van der Waals surface area contributed by atoms with E-state index in [0.717, 1.165) is 55.8 Å². The van der Waals surface area contributed by atoms with E-state index < -0.39 is 0 Å². The van der Waals surface area contributed by atoms with Gasteiger partial charge in [-0.05, 0) is 60.7 Å². The molecule has 5 aromatic rings. The third-order valence-electron chi connectivity index (χ3n) is 7.03. The van der Waals surface area contributed by atoms with Gasteiger partial charge < -0.3 is 28.4 Å². The first-order valence-electron chi connectivity index (χ1n) is 15.4. The molecule has 0 radical (unpaired) electrons. The number of fused-ring (bicyclic) bond motifs is 3. The molecule has 2 heterocycles. The molecule has 0 aliphatic rings. The number of nitrogens with zero attached hydrogens (tertiary/aromatic N) is 2. The van der Waals surface area contributed by atoms with Crippen molar-refractivity contribution in [2.45, 2.75) is 0 Å². The Morgan fingerprint density at radius 3 is 1.22 bits per heavy atom. The van der Waals surface area contributed by atoms with Crippen molar-refractivity contribution in [1.29, 1.82) is 0 Å². The fourth-order valence-electron chi connectivity index (χ4n) is 4.74. The van der Waals surface area contributed by atoms with Crippen LogP contribution in [-0.2, 0) is 18.9 Å². The maximum Gasteiger partial charge on any atom is 0.119 e. The third-order valence-corrected chi connectivity index (χ3v) is 7.03. The van der Waals surface area contributed by atoms with Crippen LogP contribution >= 0.6 is 0 Å². The monoisotopic (exact) mass is 620 g/mol. The zero-order valence-electron chi connectivity index (χ0n) is 26.1. The normalized spacial score (nSPS) is 11.1. The predicted molar refractivity (Wildman–Crippen MR) is 183 cm³/mol. The van der Waals surface area contributed by atoms with Crippen LogP contribution in [0.15, 0.2) is 110 Å². The van der Waals surface area contributed by atoms with Gasteiger partial charge in [0.05, 0.1) is 75.3 Å². The molecule has 0 amide bonds. The summed E-state index contributed by atoms with van der Waals surface area (Å²) in [6.07, 6.45) is 3.44. The van der Waals surface area contributed by atoms with E-state index in [-0.39, 0.29) is 0 Å². The van der Waals surface area contributed by atoms with Gasteiger partial charge in [0.15, 0.2) is 0 Å². The lowest BCUT2D eigenvalue weighted by Crippen LogP contribution is -2.10. The minimum atomic E-state index is 0.465. The average molecular weight is 621 g/mol. The summed E-state index contributed by atoms with van der Waals surface area (Å²) in [6.45, 7) is 12.4. The Hall–Kier alpha value is -4.60. The fourth-order valence-corrected chi connectivity index (χ4v) is 4.74. The molecule has 8 heteroatoms. The minimum absolute atomic E-state index is 0.465. The molecule has 0 aliphatic heterocycles. The summed E-state index contributed by atoms with van der Waals surface area (Å²) >= 11 is 0. The Labute approximate surface area is 270 Å². The Morgan fingerprint density at radius 1 is 0.435 bits per heavy atom. The Kier molecular flexibility index (Phi) is 12.7. The molecule has 46 heavy (non-hydrogen) atoms. The van der Waals surface area contributed by atoms with Crippen LogP contribution in [0.25, 0.3) is 44.3 Å². The van der Waals surface area contributed by atoms with E-state index in [1.54, 1.807) is 12.2 Å². The van der Waals surface area contributed by atoms with E-state index in [4.69, 9.17) is 38.4 Å². The van der Waals surface area contributed by atoms with Gasteiger partial charge in [-0.3, -0.25) is 0 Å². The standard InChI is InChI=1S/C38H40N2O6/c1-3-19-41-21-23-43-25-27-45-33-13-7-29(8-14-33)35-17-11-31-5-6-32-12-18-36(40-38(32)37(31)39-35)30-9-15-34(16-10-30)46-28-26-44-24-22-42-20-4-2/h3-18H,1-2,19-28H2. The lowest BCUT2D eigenvalue weighted by atomic mass is 10.1. The molecule has 0 bridgehead atoms. The van der Waals surface area contributed by atoms with Crippen molar-refractivity contribution in [2.75, 3.05) is 66.1 Å². The van der Waals surface area contributed by atoms with Gasteiger partial charge in [0, 0.05) is 21.9 Å². The smallest absolute Gasteiger partial charge is 0.119 e. The largest absolute Gasteiger partial charge is 0.491 e. The van der Waals surface area contributed by atoms with Gasteiger partial charge in [-0.15, -0.1) is 13.2 Å². The molecule has 0 saturated heterocycles. The van der Waals surface area contributed by atoms with E-state index in [9.17, 15) is 0 Å². The molecule has 0 spiro atoms. The van der Waals surface area contributed by atoms with Crippen molar-refractivity contribution in [1.82, 2.24) is 9.97 Å². The van der Waals surface area contributed by atoms with Gasteiger partial charge in [0.1, 0.15) is 24.7 Å². The molecular weight excluding hydrogens is 580 g/mol. The van der Waals surface area contributed by atoms with Gasteiger partial charge in [-0.1, -0.05) is 36.4 Å². The highest BCUT2D eigenvalue weighted by Crippen LogP contribution is 2.30.